The molecule has 40 valence electrons. The van der Waals surface area contributed by atoms with Gasteiger partial charge >= 0.3 is 0 Å². The molecule has 1 fully saturated rings. The molecule has 0 aromatic carbocycles. The van der Waals surface area contributed by atoms with E-state index in [9.17, 15) is 4.79 Å². The summed E-state index contributed by atoms with van der Waals surface area (Å²) in [5.41, 5.74) is 4.88. The summed E-state index contributed by atoms with van der Waals surface area (Å²) in [6, 6.07) is 0. The number of carbonyl (C=O) groups excluding carboxylic acids is 1. The molecule has 0 radical (unpaired) electrons. The molecule has 2 nitrogen and oxygen atoms in total. The molecule has 0 aromatic heterocycles. The first kappa shape index (κ1) is 5.65. The normalized spacial score (nSPS) is 24.1. The molecule has 0 unspecified atom stereocenters. The maximum atomic E-state index is 10.2. The van der Waals surface area contributed by atoms with Crippen LogP contribution in [0.5, 0.6) is 0 Å². The van der Waals surface area contributed by atoms with E-state index in [1.54, 1.807) is 0 Å². The van der Waals surface area contributed by atoms with Gasteiger partial charge in [0.15, 0.2) is 0 Å². The van der Waals surface area contributed by atoms with E-state index in [1.165, 1.54) is 21.6 Å². The first-order chi connectivity index (χ1) is 3.15. The molecule has 0 bridgehead atoms. The van der Waals surface area contributed by atoms with E-state index >= 15 is 0 Å². The first-order valence-electron chi connectivity index (χ1n) is 1.54. The molecule has 5 heteroatoms. The minimum Gasteiger partial charge on any atom is -0.367 e. The fraction of sp³-hybridized carbons (Fsp3) is 0.500. The number of hydrogen-bond acceptors (Lipinski definition) is 4. The minimum absolute atomic E-state index is 0.356. The number of carbonyl (C=O) groups is 1. The van der Waals surface area contributed by atoms with Crippen molar-refractivity contribution in [1.82, 2.24) is 0 Å². The third-order valence-electron chi connectivity index (χ3n) is 0.553. The number of amides is 1. The topological polar surface area (TPSA) is 43.1 Å². The third kappa shape index (κ3) is 1.00. The Hall–Kier alpha value is 0.520. The van der Waals surface area contributed by atoms with Crippen molar-refractivity contribution in [2.45, 2.75) is 3.41 Å². The summed E-state index contributed by atoms with van der Waals surface area (Å²) >= 11 is 3.91. The van der Waals surface area contributed by atoms with Gasteiger partial charge in [-0.1, -0.05) is 21.6 Å². The van der Waals surface area contributed by atoms with Crippen LogP contribution in [0.3, 0.4) is 0 Å². The van der Waals surface area contributed by atoms with E-state index in [1.807, 2.05) is 0 Å². The van der Waals surface area contributed by atoms with Crippen molar-refractivity contribution in [3.8, 4) is 0 Å². The summed E-state index contributed by atoms with van der Waals surface area (Å²) in [5, 5.41) is 0. The number of hydrogen-bond donors (Lipinski definition) is 2. The maximum Gasteiger partial charge on any atom is 0.255 e. The monoisotopic (exact) mass is 153 g/mol. The molecule has 1 aliphatic heterocycles. The Morgan fingerprint density at radius 1 is 1.71 bits per heavy atom. The van der Waals surface area contributed by atoms with Gasteiger partial charge in [-0.05, 0) is 0 Å². The number of primary amides is 1. The standard InChI is InChI=1S/C2H3NOS3/c3-1(4)2(5)6-7-2/h5H,(H2,3,4). The summed E-state index contributed by atoms with van der Waals surface area (Å²) in [7, 11) is 2.77. The van der Waals surface area contributed by atoms with Gasteiger partial charge in [0.05, 0.1) is 0 Å². The molecule has 2 N–H and O–H groups in total. The summed E-state index contributed by atoms with van der Waals surface area (Å²) in [6.07, 6.45) is 0. The van der Waals surface area contributed by atoms with Crippen LogP contribution >= 0.6 is 34.2 Å². The third-order valence-corrected chi connectivity index (χ3v) is 4.45. The van der Waals surface area contributed by atoms with Gasteiger partial charge in [0.2, 0.25) is 3.41 Å². The van der Waals surface area contributed by atoms with Gasteiger partial charge in [-0.25, -0.2) is 0 Å². The van der Waals surface area contributed by atoms with E-state index in [0.717, 1.165) is 0 Å². The van der Waals surface area contributed by atoms with Gasteiger partial charge in [-0.15, -0.1) is 12.6 Å². The molecule has 1 amide bonds. The summed E-state index contributed by atoms with van der Waals surface area (Å²) in [5.74, 6) is -0.356. The van der Waals surface area contributed by atoms with Crippen LogP contribution in [0.2, 0.25) is 0 Å². The van der Waals surface area contributed by atoms with Crippen LogP contribution in [0.4, 0.5) is 0 Å². The fourth-order valence-electron chi connectivity index (χ4n) is 0.122. The predicted molar refractivity (Wildman–Crippen MR) is 36.1 cm³/mol. The summed E-state index contributed by atoms with van der Waals surface area (Å²) in [4.78, 5) is 10.2. The minimum atomic E-state index is -0.583. The Labute approximate surface area is 54.4 Å². The van der Waals surface area contributed by atoms with E-state index in [0.29, 0.717) is 0 Å². The van der Waals surface area contributed by atoms with E-state index < -0.39 is 3.41 Å². The average Bonchev–Trinajstić information content (AvgIpc) is 2.21. The van der Waals surface area contributed by atoms with Crippen LogP contribution in [0.25, 0.3) is 0 Å². The van der Waals surface area contributed by atoms with E-state index in [2.05, 4.69) is 12.6 Å². The number of nitrogens with two attached hydrogens (primary N) is 1. The van der Waals surface area contributed by atoms with Crippen molar-refractivity contribution in [2.75, 3.05) is 0 Å². The van der Waals surface area contributed by atoms with Crippen molar-refractivity contribution in [3.05, 3.63) is 0 Å². The maximum absolute atomic E-state index is 10.2. The second kappa shape index (κ2) is 1.50. The van der Waals surface area contributed by atoms with Crippen LogP contribution in [-0.2, 0) is 4.79 Å². The van der Waals surface area contributed by atoms with Gasteiger partial charge in [0, 0.05) is 0 Å². The molecule has 1 saturated heterocycles. The molecule has 1 aliphatic rings. The van der Waals surface area contributed by atoms with Crippen molar-refractivity contribution in [2.24, 2.45) is 5.73 Å². The molecular formula is C2H3NOS3. The highest BCUT2D eigenvalue weighted by atomic mass is 33.2. The number of thiol groups is 1. The van der Waals surface area contributed by atoms with Crippen LogP contribution in [-0.4, -0.2) is 9.32 Å². The molecule has 7 heavy (non-hydrogen) atoms. The molecular weight excluding hydrogens is 150 g/mol. The zero-order chi connectivity index (χ0) is 5.49. The van der Waals surface area contributed by atoms with Crippen LogP contribution in [0.15, 0.2) is 0 Å². The van der Waals surface area contributed by atoms with Gasteiger partial charge in [-0.2, -0.15) is 0 Å². The van der Waals surface area contributed by atoms with E-state index in [4.69, 9.17) is 5.73 Å². The summed E-state index contributed by atoms with van der Waals surface area (Å²) < 4.78 is -0.583. The molecule has 0 aromatic rings. The molecule has 0 aliphatic carbocycles. The molecule has 1 heterocycles. The Bertz CT molecular complexity index is 110. The predicted octanol–water partition coefficient (Wildman–Crippen LogP) is 0.450. The Morgan fingerprint density at radius 2 is 2.14 bits per heavy atom. The lowest BCUT2D eigenvalue weighted by Crippen LogP contribution is -2.22. The average molecular weight is 153 g/mol. The van der Waals surface area contributed by atoms with Crippen LogP contribution in [0.1, 0.15) is 0 Å². The number of rotatable bonds is 1. The lowest BCUT2D eigenvalue weighted by atomic mass is 10.7. The largest absolute Gasteiger partial charge is 0.367 e. The zero-order valence-corrected chi connectivity index (χ0v) is 5.78. The van der Waals surface area contributed by atoms with Crippen LogP contribution < -0.4 is 5.73 Å². The Kier molecular flexibility index (Phi) is 1.21. The quantitative estimate of drug-likeness (QED) is 0.326. The highest BCUT2D eigenvalue weighted by Crippen LogP contribution is 2.66. The molecule has 1 rings (SSSR count). The molecule has 0 atom stereocenters. The van der Waals surface area contributed by atoms with Crippen molar-refractivity contribution in [1.29, 1.82) is 0 Å². The Balaban J connectivity index is 2.55. The zero-order valence-electron chi connectivity index (χ0n) is 3.25. The van der Waals surface area contributed by atoms with Gasteiger partial charge < -0.3 is 5.73 Å². The van der Waals surface area contributed by atoms with Gasteiger partial charge in [0.25, 0.3) is 5.91 Å². The molecule has 0 saturated carbocycles. The highest BCUT2D eigenvalue weighted by Gasteiger charge is 2.48. The second-order valence-corrected chi connectivity index (χ2v) is 5.21. The first-order valence-corrected chi connectivity index (χ1v) is 4.14. The SMILES string of the molecule is NC(=O)C1(S)SS1. The second-order valence-electron chi connectivity index (χ2n) is 1.11. The molecule has 0 spiro atoms. The van der Waals surface area contributed by atoms with Crippen molar-refractivity contribution < 1.29 is 4.79 Å². The Morgan fingerprint density at radius 3 is 2.14 bits per heavy atom. The van der Waals surface area contributed by atoms with Gasteiger partial charge in [-0.3, -0.25) is 4.79 Å². The van der Waals surface area contributed by atoms with E-state index in [-0.39, 0.29) is 5.91 Å². The van der Waals surface area contributed by atoms with Crippen molar-refractivity contribution in [3.63, 3.8) is 0 Å². The smallest absolute Gasteiger partial charge is 0.255 e. The lowest BCUT2D eigenvalue weighted by Gasteiger charge is -1.90. The van der Waals surface area contributed by atoms with Crippen LogP contribution in [0, 0.1) is 0 Å². The van der Waals surface area contributed by atoms with Gasteiger partial charge in [0.1, 0.15) is 0 Å². The van der Waals surface area contributed by atoms with Crippen molar-refractivity contribution >= 4 is 40.1 Å². The lowest BCUT2D eigenvalue weighted by molar-refractivity contribution is -0.116. The summed E-state index contributed by atoms with van der Waals surface area (Å²) in [6.45, 7) is 0. The fourth-order valence-corrected chi connectivity index (χ4v) is 1.43. The highest BCUT2D eigenvalue weighted by molar-refractivity contribution is 8.97.